The van der Waals surface area contributed by atoms with Gasteiger partial charge >= 0.3 is 0 Å². The molecule has 0 aromatic heterocycles. The van der Waals surface area contributed by atoms with Crippen molar-refractivity contribution >= 4 is 27.2 Å². The third kappa shape index (κ3) is 3.41. The summed E-state index contributed by atoms with van der Waals surface area (Å²) < 4.78 is 23.4. The van der Waals surface area contributed by atoms with Crippen molar-refractivity contribution in [3.8, 4) is 0 Å². The number of sulfone groups is 1. The van der Waals surface area contributed by atoms with E-state index >= 15 is 0 Å². The van der Waals surface area contributed by atoms with Crippen LogP contribution in [0.25, 0.3) is 0 Å². The molecule has 1 aromatic carbocycles. The Morgan fingerprint density at radius 3 is 2.65 bits per heavy atom. The highest BCUT2D eigenvalue weighted by atomic mass is 35.5. The summed E-state index contributed by atoms with van der Waals surface area (Å²) in [5, 5.41) is 0.152. The van der Waals surface area contributed by atoms with Gasteiger partial charge in [0.05, 0.1) is 5.25 Å². The van der Waals surface area contributed by atoms with Crippen molar-refractivity contribution in [1.82, 2.24) is 0 Å². The van der Waals surface area contributed by atoms with Gasteiger partial charge in [-0.15, -0.1) is 0 Å². The summed E-state index contributed by atoms with van der Waals surface area (Å²) in [5.74, 6) is -0.181. The molecular weight excluding hydrogens is 296 g/mol. The predicted octanol–water partition coefficient (Wildman–Crippen LogP) is 3.43. The zero-order chi connectivity index (χ0) is 14.9. The van der Waals surface area contributed by atoms with E-state index in [0.29, 0.717) is 23.4 Å². The van der Waals surface area contributed by atoms with Gasteiger partial charge in [0.25, 0.3) is 0 Å². The first-order valence-corrected chi connectivity index (χ1v) is 9.11. The molecular formula is C15H19ClO3S. The molecule has 0 radical (unpaired) electrons. The summed E-state index contributed by atoms with van der Waals surface area (Å²) >= 11 is 5.95. The highest BCUT2D eigenvalue weighted by molar-refractivity contribution is 7.91. The minimum Gasteiger partial charge on any atom is -0.294 e. The Balaban J connectivity index is 2.23. The van der Waals surface area contributed by atoms with Crippen molar-refractivity contribution in [3.05, 3.63) is 34.3 Å². The van der Waals surface area contributed by atoms with Gasteiger partial charge in [-0.3, -0.25) is 4.79 Å². The van der Waals surface area contributed by atoms with E-state index in [9.17, 15) is 13.2 Å². The normalized spacial score (nSPS) is 23.6. The summed E-state index contributed by atoms with van der Waals surface area (Å²) in [4.78, 5) is 12.6. The van der Waals surface area contributed by atoms with Crippen LogP contribution in [0.15, 0.2) is 18.2 Å². The van der Waals surface area contributed by atoms with E-state index in [1.807, 2.05) is 13.0 Å². The molecule has 2 unspecified atom stereocenters. The summed E-state index contributed by atoms with van der Waals surface area (Å²) in [6.07, 6.45) is 3.90. The zero-order valence-electron chi connectivity index (χ0n) is 11.7. The number of carbonyl (C=O) groups is 1. The third-order valence-corrected chi connectivity index (χ3v) is 5.94. The number of halogens is 1. The quantitative estimate of drug-likeness (QED) is 0.803. The van der Waals surface area contributed by atoms with Crippen molar-refractivity contribution < 1.29 is 13.2 Å². The molecule has 20 heavy (non-hydrogen) atoms. The lowest BCUT2D eigenvalue weighted by atomic mass is 9.82. The van der Waals surface area contributed by atoms with Gasteiger partial charge in [0, 0.05) is 22.8 Å². The number of Topliss-reactive ketones (excluding diaryl/α,β-unsaturated/α-hetero) is 1. The van der Waals surface area contributed by atoms with Gasteiger partial charge in [0.1, 0.15) is 9.84 Å². The van der Waals surface area contributed by atoms with Crippen molar-refractivity contribution in [1.29, 1.82) is 0 Å². The average Bonchev–Trinajstić information content (AvgIpc) is 2.40. The van der Waals surface area contributed by atoms with E-state index < -0.39 is 9.84 Å². The number of ketones is 1. The van der Waals surface area contributed by atoms with E-state index in [-0.39, 0.29) is 17.0 Å². The number of hydrogen-bond acceptors (Lipinski definition) is 3. The lowest BCUT2D eigenvalue weighted by Gasteiger charge is -2.27. The van der Waals surface area contributed by atoms with Gasteiger partial charge in [-0.05, 0) is 43.9 Å². The summed E-state index contributed by atoms with van der Waals surface area (Å²) in [6, 6.07) is 5.27. The van der Waals surface area contributed by atoms with Gasteiger partial charge in [-0.25, -0.2) is 8.42 Å². The maximum Gasteiger partial charge on any atom is 0.166 e. The van der Waals surface area contributed by atoms with Gasteiger partial charge in [0.15, 0.2) is 5.78 Å². The van der Waals surface area contributed by atoms with Crippen molar-refractivity contribution in [2.45, 2.75) is 37.9 Å². The third-order valence-electron chi connectivity index (χ3n) is 4.07. The Kier molecular flexibility index (Phi) is 4.55. The van der Waals surface area contributed by atoms with Crippen LogP contribution in [0.1, 0.15) is 41.6 Å². The number of carbonyl (C=O) groups excluding carboxylic acids is 1. The number of rotatable bonds is 3. The Bertz CT molecular complexity index is 622. The smallest absolute Gasteiger partial charge is 0.166 e. The maximum absolute atomic E-state index is 12.6. The van der Waals surface area contributed by atoms with Crippen LogP contribution in [0, 0.1) is 12.8 Å². The topological polar surface area (TPSA) is 51.2 Å². The van der Waals surface area contributed by atoms with E-state index in [1.54, 1.807) is 12.1 Å². The van der Waals surface area contributed by atoms with Crippen LogP contribution in [0.5, 0.6) is 0 Å². The maximum atomic E-state index is 12.6. The molecule has 0 amide bonds. The molecule has 0 aliphatic heterocycles. The Morgan fingerprint density at radius 2 is 2.00 bits per heavy atom. The van der Waals surface area contributed by atoms with Crippen molar-refractivity contribution in [3.63, 3.8) is 0 Å². The monoisotopic (exact) mass is 314 g/mol. The second kappa shape index (κ2) is 5.86. The fourth-order valence-electron chi connectivity index (χ4n) is 2.85. The standard InChI is InChI=1S/C15H19ClO3S/c1-10-6-7-12(16)9-14(10)15(17)11-4-3-5-13(8-11)20(2,18)19/h6-7,9,11,13H,3-5,8H2,1-2H3. The molecule has 2 atom stereocenters. The molecule has 5 heteroatoms. The molecule has 1 saturated carbocycles. The Morgan fingerprint density at radius 1 is 1.30 bits per heavy atom. The first-order valence-electron chi connectivity index (χ1n) is 6.78. The average molecular weight is 315 g/mol. The second-order valence-electron chi connectivity index (χ2n) is 5.64. The molecule has 1 aliphatic rings. The predicted molar refractivity (Wildman–Crippen MR) is 81.1 cm³/mol. The fourth-order valence-corrected chi connectivity index (χ4v) is 4.20. The highest BCUT2D eigenvalue weighted by Crippen LogP contribution is 2.32. The SMILES string of the molecule is Cc1ccc(Cl)cc1C(=O)C1CCCC(S(C)(=O)=O)C1. The van der Waals surface area contributed by atoms with Crippen LogP contribution in [0.2, 0.25) is 5.02 Å². The summed E-state index contributed by atoms with van der Waals surface area (Å²) in [6.45, 7) is 1.88. The van der Waals surface area contributed by atoms with Crippen LogP contribution in [0.4, 0.5) is 0 Å². The Labute approximate surface area is 125 Å². The molecule has 3 nitrogen and oxygen atoms in total. The molecule has 110 valence electrons. The minimum absolute atomic E-state index is 0.0263. The molecule has 1 aromatic rings. The van der Waals surface area contributed by atoms with Crippen molar-refractivity contribution in [2.24, 2.45) is 5.92 Å². The molecule has 1 fully saturated rings. The van der Waals surface area contributed by atoms with E-state index in [4.69, 9.17) is 11.6 Å². The van der Waals surface area contributed by atoms with Crippen LogP contribution < -0.4 is 0 Å². The molecule has 0 spiro atoms. The molecule has 0 bridgehead atoms. The number of benzene rings is 1. The summed E-state index contributed by atoms with van der Waals surface area (Å²) in [5.41, 5.74) is 1.51. The first-order chi connectivity index (χ1) is 9.29. The van der Waals surface area contributed by atoms with E-state index in [2.05, 4.69) is 0 Å². The van der Waals surface area contributed by atoms with Crippen LogP contribution in [-0.2, 0) is 9.84 Å². The van der Waals surface area contributed by atoms with Gasteiger partial charge < -0.3 is 0 Å². The molecule has 0 saturated heterocycles. The largest absolute Gasteiger partial charge is 0.294 e. The Hall–Kier alpha value is -0.870. The minimum atomic E-state index is -3.07. The van der Waals surface area contributed by atoms with Crippen LogP contribution >= 0.6 is 11.6 Å². The van der Waals surface area contributed by atoms with Gasteiger partial charge in [-0.1, -0.05) is 24.1 Å². The molecule has 2 rings (SSSR count). The summed E-state index contributed by atoms with van der Waals surface area (Å²) in [7, 11) is -3.07. The number of aryl methyl sites for hydroxylation is 1. The first kappa shape index (κ1) is 15.5. The van der Waals surface area contributed by atoms with E-state index in [1.165, 1.54) is 6.26 Å². The lowest BCUT2D eigenvalue weighted by molar-refractivity contribution is 0.0890. The fraction of sp³-hybridized carbons (Fsp3) is 0.533. The van der Waals surface area contributed by atoms with Gasteiger partial charge in [-0.2, -0.15) is 0 Å². The molecule has 0 N–H and O–H groups in total. The van der Waals surface area contributed by atoms with Crippen LogP contribution in [-0.4, -0.2) is 25.7 Å². The zero-order valence-corrected chi connectivity index (χ0v) is 13.3. The van der Waals surface area contributed by atoms with Crippen LogP contribution in [0.3, 0.4) is 0 Å². The second-order valence-corrected chi connectivity index (χ2v) is 8.40. The van der Waals surface area contributed by atoms with E-state index in [0.717, 1.165) is 18.4 Å². The van der Waals surface area contributed by atoms with Gasteiger partial charge in [0.2, 0.25) is 0 Å². The highest BCUT2D eigenvalue weighted by Gasteiger charge is 2.33. The number of hydrogen-bond donors (Lipinski definition) is 0. The van der Waals surface area contributed by atoms with Crippen molar-refractivity contribution in [2.75, 3.05) is 6.26 Å². The molecule has 1 aliphatic carbocycles. The lowest BCUT2D eigenvalue weighted by Crippen LogP contribution is -2.31. The molecule has 0 heterocycles.